The number of hydrogen-bond donors (Lipinski definition) is 1. The van der Waals surface area contributed by atoms with Gasteiger partial charge in [-0.15, -0.1) is 0 Å². The van der Waals surface area contributed by atoms with Gasteiger partial charge in [-0.05, 0) is 35.4 Å². The number of benzene rings is 2. The lowest BCUT2D eigenvalue weighted by Gasteiger charge is -2.24. The maximum Gasteiger partial charge on any atom is 0.248 e. The van der Waals surface area contributed by atoms with E-state index in [4.69, 9.17) is 11.6 Å². The molecule has 0 saturated carbocycles. The molecule has 0 amide bonds. The van der Waals surface area contributed by atoms with Crippen LogP contribution in [0.3, 0.4) is 0 Å². The van der Waals surface area contributed by atoms with Gasteiger partial charge in [-0.25, -0.2) is 13.8 Å². The van der Waals surface area contributed by atoms with Gasteiger partial charge in [0.2, 0.25) is 5.56 Å². The molecule has 2 aromatic heterocycles. The van der Waals surface area contributed by atoms with Gasteiger partial charge in [0.15, 0.2) is 11.6 Å². The molecule has 4 aromatic rings. The Morgan fingerprint density at radius 3 is 2.55 bits per heavy atom. The van der Waals surface area contributed by atoms with E-state index in [9.17, 15) is 13.6 Å². The molecular formula is C21H15ClF2N4O. The number of halogens is 3. The highest BCUT2D eigenvalue weighted by molar-refractivity contribution is 6.30. The standard InChI is InChI=1S/C21H15ClF2N4O/c22-15-3-1-13(2-4-15)11-28(18-10-25-7-8-26-18)12-14-9-19(29)27-21-16(14)5-6-17(23)20(21)24/h1-10H,11-12H2,(H,27,29). The molecule has 1 N–H and O–H groups in total. The third-order valence-electron chi connectivity index (χ3n) is 4.52. The highest BCUT2D eigenvalue weighted by Gasteiger charge is 2.16. The predicted octanol–water partition coefficient (Wildman–Crippen LogP) is 4.46. The maximum atomic E-state index is 14.2. The topological polar surface area (TPSA) is 61.9 Å². The molecule has 0 spiro atoms. The first-order valence-corrected chi connectivity index (χ1v) is 9.14. The summed E-state index contributed by atoms with van der Waals surface area (Å²) in [7, 11) is 0. The van der Waals surface area contributed by atoms with E-state index in [-0.39, 0.29) is 12.1 Å². The number of anilines is 1. The fraction of sp³-hybridized carbons (Fsp3) is 0.0952. The maximum absolute atomic E-state index is 14.2. The molecule has 0 saturated heterocycles. The van der Waals surface area contributed by atoms with Crippen molar-refractivity contribution in [1.29, 1.82) is 0 Å². The monoisotopic (exact) mass is 412 g/mol. The molecule has 4 rings (SSSR count). The minimum Gasteiger partial charge on any atom is -0.347 e. The lowest BCUT2D eigenvalue weighted by molar-refractivity contribution is 0.515. The number of nitrogens with one attached hydrogen (secondary N) is 1. The Morgan fingerprint density at radius 1 is 1.03 bits per heavy atom. The van der Waals surface area contributed by atoms with Gasteiger partial charge in [-0.3, -0.25) is 9.78 Å². The fourth-order valence-electron chi connectivity index (χ4n) is 3.15. The Labute approximate surface area is 169 Å². The van der Waals surface area contributed by atoms with Crippen molar-refractivity contribution in [2.45, 2.75) is 13.1 Å². The van der Waals surface area contributed by atoms with E-state index in [0.717, 1.165) is 11.6 Å². The molecule has 0 aliphatic rings. The Morgan fingerprint density at radius 2 is 1.83 bits per heavy atom. The number of H-pyrrole nitrogens is 1. The Bertz CT molecular complexity index is 1210. The first-order valence-electron chi connectivity index (χ1n) is 8.76. The van der Waals surface area contributed by atoms with Gasteiger partial charge in [0.25, 0.3) is 0 Å². The summed E-state index contributed by atoms with van der Waals surface area (Å²) in [4.78, 5) is 24.8. The minimum absolute atomic E-state index is 0.155. The molecular weight excluding hydrogens is 398 g/mol. The summed E-state index contributed by atoms with van der Waals surface area (Å²) >= 11 is 5.97. The van der Waals surface area contributed by atoms with Gasteiger partial charge in [-0.2, -0.15) is 0 Å². The van der Waals surface area contributed by atoms with Crippen LogP contribution in [0.4, 0.5) is 14.6 Å². The smallest absolute Gasteiger partial charge is 0.248 e. The highest BCUT2D eigenvalue weighted by Crippen LogP contribution is 2.24. The van der Waals surface area contributed by atoms with Gasteiger partial charge < -0.3 is 9.88 Å². The van der Waals surface area contributed by atoms with E-state index in [2.05, 4.69) is 15.0 Å². The third-order valence-corrected chi connectivity index (χ3v) is 4.77. The molecule has 8 heteroatoms. The van der Waals surface area contributed by atoms with Gasteiger partial charge in [0.1, 0.15) is 5.82 Å². The second-order valence-electron chi connectivity index (χ2n) is 6.49. The van der Waals surface area contributed by atoms with Crippen molar-refractivity contribution < 1.29 is 8.78 Å². The molecule has 2 heterocycles. The highest BCUT2D eigenvalue weighted by atomic mass is 35.5. The molecule has 2 aromatic carbocycles. The summed E-state index contributed by atoms with van der Waals surface area (Å²) in [6.45, 7) is 0.695. The molecule has 0 aliphatic heterocycles. The first kappa shape index (κ1) is 19.0. The number of nitrogens with zero attached hydrogens (tertiary/aromatic N) is 3. The van der Waals surface area contributed by atoms with Crippen molar-refractivity contribution in [3.63, 3.8) is 0 Å². The van der Waals surface area contributed by atoms with E-state index >= 15 is 0 Å². The summed E-state index contributed by atoms with van der Waals surface area (Å²) in [6.07, 6.45) is 4.73. The second kappa shape index (κ2) is 7.97. The number of rotatable bonds is 5. The van der Waals surface area contributed by atoms with Crippen molar-refractivity contribution in [2.24, 2.45) is 0 Å². The van der Waals surface area contributed by atoms with Crippen LogP contribution in [-0.2, 0) is 13.1 Å². The number of aromatic amines is 1. The van der Waals surface area contributed by atoms with Crippen molar-refractivity contribution >= 4 is 28.3 Å². The van der Waals surface area contributed by atoms with Gasteiger partial charge in [0.05, 0.1) is 11.7 Å². The van der Waals surface area contributed by atoms with E-state index < -0.39 is 17.2 Å². The van der Waals surface area contributed by atoms with Crippen LogP contribution in [0.1, 0.15) is 11.1 Å². The fourth-order valence-corrected chi connectivity index (χ4v) is 3.28. The molecule has 146 valence electrons. The van der Waals surface area contributed by atoms with Crippen molar-refractivity contribution in [3.05, 3.63) is 99.2 Å². The van der Waals surface area contributed by atoms with Crippen LogP contribution < -0.4 is 10.5 Å². The summed E-state index contributed by atoms with van der Waals surface area (Å²) in [6, 6.07) is 11.2. The zero-order chi connectivity index (χ0) is 20.4. The Hall–Kier alpha value is -3.32. The van der Waals surface area contributed by atoms with Crippen LogP contribution in [0.15, 0.2) is 65.8 Å². The summed E-state index contributed by atoms with van der Waals surface area (Å²) in [5.74, 6) is -1.51. The van der Waals surface area contributed by atoms with Crippen LogP contribution in [0.5, 0.6) is 0 Å². The molecule has 0 unspecified atom stereocenters. The normalized spacial score (nSPS) is 11.0. The van der Waals surface area contributed by atoms with Gasteiger partial charge >= 0.3 is 0 Å². The minimum atomic E-state index is -1.08. The molecule has 0 atom stereocenters. The van der Waals surface area contributed by atoms with Crippen molar-refractivity contribution in [1.82, 2.24) is 15.0 Å². The summed E-state index contributed by atoms with van der Waals surface area (Å²) < 4.78 is 27.8. The van der Waals surface area contributed by atoms with E-state index in [1.807, 2.05) is 17.0 Å². The van der Waals surface area contributed by atoms with Crippen LogP contribution in [0.25, 0.3) is 10.9 Å². The van der Waals surface area contributed by atoms with Crippen molar-refractivity contribution in [3.8, 4) is 0 Å². The predicted molar refractivity (Wildman–Crippen MR) is 108 cm³/mol. The number of pyridine rings is 1. The molecule has 0 bridgehead atoms. The molecule has 29 heavy (non-hydrogen) atoms. The zero-order valence-electron chi connectivity index (χ0n) is 15.1. The average Bonchev–Trinajstić information content (AvgIpc) is 2.73. The number of aromatic nitrogens is 3. The summed E-state index contributed by atoms with van der Waals surface area (Å²) in [5.41, 5.74) is 0.842. The van der Waals surface area contributed by atoms with Crippen LogP contribution in [0.2, 0.25) is 5.02 Å². The summed E-state index contributed by atoms with van der Waals surface area (Å²) in [5, 5.41) is 1.05. The Kier molecular flexibility index (Phi) is 5.22. The van der Waals surface area contributed by atoms with E-state index in [1.165, 1.54) is 12.1 Å². The SMILES string of the molecule is O=c1cc(CN(Cc2ccc(Cl)cc2)c2cnccn2)c2ccc(F)c(F)c2[nH]1. The zero-order valence-corrected chi connectivity index (χ0v) is 15.8. The first-order chi connectivity index (χ1) is 14.0. The second-order valence-corrected chi connectivity index (χ2v) is 6.93. The quantitative estimate of drug-likeness (QED) is 0.526. The molecule has 0 radical (unpaired) electrons. The van der Waals surface area contributed by atoms with Crippen LogP contribution in [-0.4, -0.2) is 15.0 Å². The number of hydrogen-bond acceptors (Lipinski definition) is 4. The van der Waals surface area contributed by atoms with Gasteiger partial charge in [0, 0.05) is 42.0 Å². The lowest BCUT2D eigenvalue weighted by Crippen LogP contribution is -2.24. The molecule has 0 fully saturated rings. The average molecular weight is 413 g/mol. The van der Waals surface area contributed by atoms with E-state index in [1.54, 1.807) is 30.7 Å². The lowest BCUT2D eigenvalue weighted by atomic mass is 10.1. The van der Waals surface area contributed by atoms with Gasteiger partial charge in [-0.1, -0.05) is 23.7 Å². The Balaban J connectivity index is 1.77. The largest absolute Gasteiger partial charge is 0.347 e. The van der Waals surface area contributed by atoms with Crippen LogP contribution in [0, 0.1) is 11.6 Å². The molecule has 0 aliphatic carbocycles. The van der Waals surface area contributed by atoms with E-state index in [0.29, 0.717) is 28.3 Å². The third kappa shape index (κ3) is 4.09. The number of fused-ring (bicyclic) bond motifs is 1. The van der Waals surface area contributed by atoms with Crippen molar-refractivity contribution in [2.75, 3.05) is 4.90 Å². The van der Waals surface area contributed by atoms with Crippen LogP contribution >= 0.6 is 11.6 Å². The molecule has 5 nitrogen and oxygen atoms in total.